The van der Waals surface area contributed by atoms with E-state index in [0.29, 0.717) is 45.9 Å². The lowest BCUT2D eigenvalue weighted by atomic mass is 9.74. The Bertz CT molecular complexity index is 1360. The molecule has 0 saturated carbocycles. The van der Waals surface area contributed by atoms with Crippen LogP contribution in [0, 0.1) is 17.8 Å². The first-order valence-electron chi connectivity index (χ1n) is 16.7. The zero-order valence-electron chi connectivity index (χ0n) is 27.5. The van der Waals surface area contributed by atoms with Crippen molar-refractivity contribution in [1.82, 2.24) is 14.7 Å². The van der Waals surface area contributed by atoms with Gasteiger partial charge in [-0.2, -0.15) is 0 Å². The highest BCUT2D eigenvalue weighted by molar-refractivity contribution is 8.02. The van der Waals surface area contributed by atoms with Gasteiger partial charge in [0.2, 0.25) is 17.7 Å². The average molecular weight is 653 g/mol. The maximum absolute atomic E-state index is 14.9. The fourth-order valence-corrected chi connectivity index (χ4v) is 10.3. The van der Waals surface area contributed by atoms with Crippen LogP contribution in [0.1, 0.15) is 34.1 Å². The Morgan fingerprint density at radius 1 is 0.978 bits per heavy atom. The molecule has 0 aliphatic carbocycles. The first kappa shape index (κ1) is 33.1. The fourth-order valence-electron chi connectivity index (χ4n) is 8.13. The van der Waals surface area contributed by atoms with Gasteiger partial charge in [0.15, 0.2) is 0 Å². The van der Waals surface area contributed by atoms with Gasteiger partial charge in [-0.05, 0) is 50.5 Å². The molecule has 3 fully saturated rings. The largest absolute Gasteiger partial charge is 0.494 e. The molecule has 0 radical (unpaired) electrons. The van der Waals surface area contributed by atoms with Crippen LogP contribution in [0.5, 0.6) is 5.75 Å². The van der Waals surface area contributed by atoms with Gasteiger partial charge in [-0.25, -0.2) is 0 Å². The number of fused-ring (bicyclic) bond motifs is 2. The number of ether oxygens (including phenoxy) is 2. The van der Waals surface area contributed by atoms with E-state index in [2.05, 4.69) is 30.9 Å². The van der Waals surface area contributed by atoms with E-state index < -0.39 is 33.4 Å². The van der Waals surface area contributed by atoms with Crippen LogP contribution in [-0.4, -0.2) is 125 Å². The molecule has 5 aliphatic rings. The van der Waals surface area contributed by atoms with Crippen molar-refractivity contribution in [3.8, 4) is 5.75 Å². The smallest absolute Gasteiger partial charge is 0.247 e. The second-order valence-electron chi connectivity index (χ2n) is 13.6. The molecule has 5 heterocycles. The number of anilines is 1. The van der Waals surface area contributed by atoms with E-state index >= 15 is 0 Å². The van der Waals surface area contributed by atoms with Gasteiger partial charge < -0.3 is 29.3 Å². The molecule has 250 valence electrons. The van der Waals surface area contributed by atoms with Gasteiger partial charge in [-0.15, -0.1) is 11.8 Å². The van der Waals surface area contributed by atoms with Gasteiger partial charge in [0.25, 0.3) is 0 Å². The Kier molecular flexibility index (Phi) is 9.58. The molecule has 0 bridgehead atoms. The average Bonchev–Trinajstić information content (AvgIpc) is 3.32. The van der Waals surface area contributed by atoms with Crippen LogP contribution < -0.4 is 9.64 Å². The maximum atomic E-state index is 14.9. The van der Waals surface area contributed by atoms with E-state index in [1.807, 2.05) is 55.2 Å². The summed E-state index contributed by atoms with van der Waals surface area (Å²) >= 11 is 1.58. The summed E-state index contributed by atoms with van der Waals surface area (Å²) in [6.07, 6.45) is 8.74. The Hall–Kier alpha value is -2.86. The summed E-state index contributed by atoms with van der Waals surface area (Å²) in [6.45, 7) is 13.5. The maximum Gasteiger partial charge on any atom is 0.247 e. The summed E-state index contributed by atoms with van der Waals surface area (Å²) in [6, 6.07) is 6.14. The van der Waals surface area contributed by atoms with Crippen molar-refractivity contribution in [2.75, 3.05) is 70.6 Å². The van der Waals surface area contributed by atoms with Crippen LogP contribution in [0.4, 0.5) is 5.69 Å². The molecule has 1 spiro atoms. The molecule has 5 aliphatic heterocycles. The van der Waals surface area contributed by atoms with Crippen LogP contribution in [0.2, 0.25) is 0 Å². The highest BCUT2D eigenvalue weighted by Gasteiger charge is 2.74. The molecule has 10 nitrogen and oxygen atoms in total. The fraction of sp³-hybridized carbons (Fsp3) is 0.629. The number of hydrogen-bond acceptors (Lipinski definition) is 8. The van der Waals surface area contributed by atoms with E-state index in [-0.39, 0.29) is 30.2 Å². The quantitative estimate of drug-likeness (QED) is 0.385. The Morgan fingerprint density at radius 3 is 2.37 bits per heavy atom. The predicted molar refractivity (Wildman–Crippen MR) is 179 cm³/mol. The number of amides is 3. The molecule has 6 rings (SSSR count). The molecule has 1 N–H and O–H groups in total. The number of aliphatic hydroxyl groups is 1. The Labute approximate surface area is 276 Å². The molecular weight excluding hydrogens is 604 g/mol. The number of rotatable bonds is 10. The second-order valence-corrected chi connectivity index (χ2v) is 15.4. The van der Waals surface area contributed by atoms with Gasteiger partial charge in [-0.1, -0.05) is 38.2 Å². The van der Waals surface area contributed by atoms with E-state index in [9.17, 15) is 19.5 Å². The molecule has 6 atom stereocenters. The number of carbonyl (C=O) groups excluding carboxylic acids is 3. The lowest BCUT2D eigenvalue weighted by Crippen LogP contribution is -2.57. The van der Waals surface area contributed by atoms with Crippen molar-refractivity contribution >= 4 is 35.2 Å². The summed E-state index contributed by atoms with van der Waals surface area (Å²) in [5.74, 6) is -0.969. The third kappa shape index (κ3) is 5.77. The van der Waals surface area contributed by atoms with Gasteiger partial charge in [-0.3, -0.25) is 19.3 Å². The number of morpholine rings is 1. The molecule has 3 amide bonds. The van der Waals surface area contributed by atoms with Crippen molar-refractivity contribution < 1.29 is 29.0 Å². The molecule has 11 heteroatoms. The molecule has 1 unspecified atom stereocenters. The zero-order valence-corrected chi connectivity index (χ0v) is 28.3. The van der Waals surface area contributed by atoms with Gasteiger partial charge in [0, 0.05) is 49.7 Å². The van der Waals surface area contributed by atoms with Crippen molar-refractivity contribution in [3.05, 3.63) is 48.6 Å². The number of aliphatic hydroxyl groups excluding tert-OH is 1. The molecule has 1 aromatic rings. The minimum absolute atomic E-state index is 0.108. The standard InChI is InChI=1S/C35H48N4O6S/c1-5-45-27-10-8-25(9-11-27)38-15-6-12-34(4)28(31(38)41)29-32(42)39(26(23-40)22-24(2)3)30-33(43)37(14-7-13-35(29,30)46-34)17-16-36-18-20-44-21-19-36/h6-13,24,26,28-30,40H,5,14-23H2,1-4H3/t26-,28+,29+,30?,34-,35+/m1/s1. The molecule has 0 aromatic heterocycles. The highest BCUT2D eigenvalue weighted by Crippen LogP contribution is 2.66. The van der Waals surface area contributed by atoms with Crippen molar-refractivity contribution in [3.63, 3.8) is 0 Å². The number of nitrogens with zero attached hydrogens (tertiary/aromatic N) is 4. The summed E-state index contributed by atoms with van der Waals surface area (Å²) in [7, 11) is 0. The lowest BCUT2D eigenvalue weighted by Gasteiger charge is -2.40. The van der Waals surface area contributed by atoms with Crippen molar-refractivity contribution in [2.45, 2.75) is 55.7 Å². The number of benzene rings is 1. The van der Waals surface area contributed by atoms with Crippen LogP contribution in [0.15, 0.2) is 48.6 Å². The third-order valence-corrected chi connectivity index (χ3v) is 12.0. The second kappa shape index (κ2) is 13.3. The number of thioether (sulfide) groups is 1. The van der Waals surface area contributed by atoms with E-state index in [1.165, 1.54) is 0 Å². The predicted octanol–water partition coefficient (Wildman–Crippen LogP) is 2.81. The minimum atomic E-state index is -0.951. The summed E-state index contributed by atoms with van der Waals surface area (Å²) in [5, 5.41) is 10.7. The van der Waals surface area contributed by atoms with Crippen molar-refractivity contribution in [2.24, 2.45) is 17.8 Å². The summed E-state index contributed by atoms with van der Waals surface area (Å²) in [5.41, 5.74) is 0.738. The summed E-state index contributed by atoms with van der Waals surface area (Å²) in [4.78, 5) is 52.0. The molecule has 3 saturated heterocycles. The number of carbonyl (C=O) groups is 3. The summed E-state index contributed by atoms with van der Waals surface area (Å²) < 4.78 is 9.48. The van der Waals surface area contributed by atoms with E-state index in [4.69, 9.17) is 9.47 Å². The SMILES string of the molecule is CCOc1ccc(N2CC=C[C@@]3(C)S[C@]45C=CCN(CCN6CCOCC6)C(=O)C4N([C@@H](CO)CC(C)C)C(=O)[C@@H]5[C@H]3C2=O)cc1. The normalized spacial score (nSPS) is 32.0. The highest BCUT2D eigenvalue weighted by atomic mass is 32.2. The van der Waals surface area contributed by atoms with Crippen molar-refractivity contribution in [1.29, 1.82) is 0 Å². The van der Waals surface area contributed by atoms with E-state index in [1.54, 1.807) is 21.6 Å². The number of likely N-dealkylation sites (tertiary alicyclic amines) is 1. The zero-order chi connectivity index (χ0) is 32.6. The molecular formula is C35H48N4O6S. The Balaban J connectivity index is 1.38. The van der Waals surface area contributed by atoms with Gasteiger partial charge >= 0.3 is 0 Å². The molecule has 1 aromatic carbocycles. The van der Waals surface area contributed by atoms with Crippen LogP contribution in [0.25, 0.3) is 0 Å². The van der Waals surface area contributed by atoms with Crippen LogP contribution >= 0.6 is 11.8 Å². The third-order valence-electron chi connectivity index (χ3n) is 10.2. The Morgan fingerprint density at radius 2 is 1.70 bits per heavy atom. The first-order chi connectivity index (χ1) is 22.1. The van der Waals surface area contributed by atoms with E-state index in [0.717, 1.165) is 31.1 Å². The molecule has 46 heavy (non-hydrogen) atoms. The van der Waals surface area contributed by atoms with Crippen LogP contribution in [0.3, 0.4) is 0 Å². The monoisotopic (exact) mass is 652 g/mol. The minimum Gasteiger partial charge on any atom is -0.494 e. The van der Waals surface area contributed by atoms with Gasteiger partial charge in [0.05, 0.1) is 49.1 Å². The van der Waals surface area contributed by atoms with Gasteiger partial charge in [0.1, 0.15) is 11.8 Å². The number of hydrogen-bond donors (Lipinski definition) is 1. The topological polar surface area (TPSA) is 103 Å². The first-order valence-corrected chi connectivity index (χ1v) is 17.6. The lowest BCUT2D eigenvalue weighted by molar-refractivity contribution is -0.146. The van der Waals surface area contributed by atoms with Crippen LogP contribution in [-0.2, 0) is 19.1 Å².